The van der Waals surface area contributed by atoms with Gasteiger partial charge in [0, 0.05) is 25.1 Å². The molecule has 0 saturated carbocycles. The van der Waals surface area contributed by atoms with Gasteiger partial charge in [-0.25, -0.2) is 0 Å². The van der Waals surface area contributed by atoms with Crippen LogP contribution in [0.2, 0.25) is 0 Å². The molecule has 2 amide bonds. The SMILES string of the molecule is CCCCCOC(=O)CCCCCCCCCCN1C(=O)C=CC1=O. The molecule has 0 bridgehead atoms. The van der Waals surface area contributed by atoms with Gasteiger partial charge < -0.3 is 4.74 Å². The average Bonchev–Trinajstić information content (AvgIpc) is 2.92. The Labute approximate surface area is 151 Å². The number of hydrogen-bond donors (Lipinski definition) is 0. The lowest BCUT2D eigenvalue weighted by molar-refractivity contribution is -0.144. The number of carbonyl (C=O) groups excluding carboxylic acids is 3. The first-order valence-electron chi connectivity index (χ1n) is 9.84. The van der Waals surface area contributed by atoms with Crippen molar-refractivity contribution in [2.75, 3.05) is 13.2 Å². The molecule has 0 aromatic rings. The van der Waals surface area contributed by atoms with Crippen LogP contribution in [0.4, 0.5) is 0 Å². The second-order valence-corrected chi connectivity index (χ2v) is 6.67. The molecule has 0 aromatic heterocycles. The Morgan fingerprint density at radius 1 is 0.840 bits per heavy atom. The second kappa shape index (κ2) is 13.6. The van der Waals surface area contributed by atoms with E-state index in [4.69, 9.17) is 4.74 Å². The summed E-state index contributed by atoms with van der Waals surface area (Å²) in [5.41, 5.74) is 0. The maximum Gasteiger partial charge on any atom is 0.305 e. The van der Waals surface area contributed by atoms with Gasteiger partial charge in [-0.15, -0.1) is 0 Å². The third kappa shape index (κ3) is 10.0. The van der Waals surface area contributed by atoms with Crippen LogP contribution < -0.4 is 0 Å². The van der Waals surface area contributed by atoms with Crippen molar-refractivity contribution in [3.8, 4) is 0 Å². The molecule has 25 heavy (non-hydrogen) atoms. The molecule has 0 unspecified atom stereocenters. The molecule has 1 aliphatic rings. The van der Waals surface area contributed by atoms with E-state index in [0.717, 1.165) is 57.8 Å². The molecule has 1 aliphatic heterocycles. The van der Waals surface area contributed by atoms with E-state index in [1.165, 1.54) is 29.9 Å². The number of nitrogens with zero attached hydrogens (tertiary/aromatic N) is 1. The maximum atomic E-state index is 11.5. The van der Waals surface area contributed by atoms with Gasteiger partial charge >= 0.3 is 5.97 Å². The molecule has 0 aromatic carbocycles. The fourth-order valence-corrected chi connectivity index (χ4v) is 2.86. The fraction of sp³-hybridized carbons (Fsp3) is 0.750. The third-order valence-corrected chi connectivity index (χ3v) is 4.42. The van der Waals surface area contributed by atoms with Crippen molar-refractivity contribution in [3.05, 3.63) is 12.2 Å². The van der Waals surface area contributed by atoms with E-state index in [9.17, 15) is 14.4 Å². The van der Waals surface area contributed by atoms with E-state index < -0.39 is 0 Å². The highest BCUT2D eigenvalue weighted by Crippen LogP contribution is 2.12. The van der Waals surface area contributed by atoms with Crippen molar-refractivity contribution in [2.24, 2.45) is 0 Å². The molecule has 0 aliphatic carbocycles. The zero-order valence-corrected chi connectivity index (χ0v) is 15.6. The predicted molar refractivity (Wildman–Crippen MR) is 97.9 cm³/mol. The minimum atomic E-state index is -0.186. The smallest absolute Gasteiger partial charge is 0.305 e. The Balaban J connectivity index is 1.82. The van der Waals surface area contributed by atoms with E-state index >= 15 is 0 Å². The van der Waals surface area contributed by atoms with E-state index in [1.807, 2.05) is 0 Å². The molecule has 5 heteroatoms. The molecule has 0 spiro atoms. The monoisotopic (exact) mass is 351 g/mol. The second-order valence-electron chi connectivity index (χ2n) is 6.67. The molecule has 0 atom stereocenters. The molecule has 0 radical (unpaired) electrons. The zero-order chi connectivity index (χ0) is 18.3. The van der Waals surface area contributed by atoms with Crippen LogP contribution in [0.3, 0.4) is 0 Å². The van der Waals surface area contributed by atoms with Gasteiger partial charge in [-0.2, -0.15) is 0 Å². The number of imide groups is 1. The van der Waals surface area contributed by atoms with Gasteiger partial charge in [-0.05, 0) is 19.3 Å². The summed E-state index contributed by atoms with van der Waals surface area (Å²) in [6.07, 6.45) is 15.0. The Bertz CT molecular complexity index is 427. The number of ether oxygens (including phenoxy) is 1. The first kappa shape index (κ1) is 21.4. The third-order valence-electron chi connectivity index (χ3n) is 4.42. The Hall–Kier alpha value is -1.65. The fourth-order valence-electron chi connectivity index (χ4n) is 2.86. The predicted octanol–water partition coefficient (Wildman–Crippen LogP) is 4.16. The van der Waals surface area contributed by atoms with Crippen LogP contribution in [0, 0.1) is 0 Å². The standard InChI is InChI=1S/C20H33NO4/c1-2-3-12-17-25-20(24)13-10-8-6-4-5-7-9-11-16-21-18(22)14-15-19(21)23/h14-15H,2-13,16-17H2,1H3. The minimum absolute atomic E-state index is 0.0587. The Morgan fingerprint density at radius 2 is 1.40 bits per heavy atom. The van der Waals surface area contributed by atoms with Gasteiger partial charge in [0.1, 0.15) is 0 Å². The molecule has 1 rings (SSSR count). The summed E-state index contributed by atoms with van der Waals surface area (Å²) in [6, 6.07) is 0. The van der Waals surface area contributed by atoms with Crippen LogP contribution in [-0.2, 0) is 19.1 Å². The molecule has 5 nitrogen and oxygen atoms in total. The number of hydrogen-bond acceptors (Lipinski definition) is 4. The van der Waals surface area contributed by atoms with Crippen LogP contribution >= 0.6 is 0 Å². The quantitative estimate of drug-likeness (QED) is 0.252. The molecular formula is C20H33NO4. The summed E-state index contributed by atoms with van der Waals surface area (Å²) < 4.78 is 5.18. The first-order valence-corrected chi connectivity index (χ1v) is 9.84. The number of esters is 1. The van der Waals surface area contributed by atoms with Crippen molar-refractivity contribution in [1.29, 1.82) is 0 Å². The van der Waals surface area contributed by atoms with E-state index in [2.05, 4.69) is 6.92 Å². The number of rotatable bonds is 15. The van der Waals surface area contributed by atoms with Crippen molar-refractivity contribution in [3.63, 3.8) is 0 Å². The van der Waals surface area contributed by atoms with Crippen LogP contribution in [-0.4, -0.2) is 35.8 Å². The molecule has 0 fully saturated rings. The summed E-state index contributed by atoms with van der Waals surface area (Å²) in [6.45, 7) is 3.23. The van der Waals surface area contributed by atoms with Crippen LogP contribution in [0.15, 0.2) is 12.2 Å². The largest absolute Gasteiger partial charge is 0.466 e. The van der Waals surface area contributed by atoms with Crippen molar-refractivity contribution in [2.45, 2.75) is 84.0 Å². The molecule has 142 valence electrons. The van der Waals surface area contributed by atoms with Gasteiger partial charge in [-0.1, -0.05) is 58.3 Å². The van der Waals surface area contributed by atoms with Gasteiger partial charge in [0.25, 0.3) is 11.8 Å². The summed E-state index contributed by atoms with van der Waals surface area (Å²) in [4.78, 5) is 35.5. The van der Waals surface area contributed by atoms with Gasteiger partial charge in [0.2, 0.25) is 0 Å². The number of carbonyl (C=O) groups is 3. The first-order chi connectivity index (χ1) is 12.1. The Kier molecular flexibility index (Phi) is 11.7. The van der Waals surface area contributed by atoms with E-state index in [0.29, 0.717) is 19.6 Å². The highest BCUT2D eigenvalue weighted by Gasteiger charge is 2.21. The summed E-state index contributed by atoms with van der Waals surface area (Å²) in [7, 11) is 0. The summed E-state index contributed by atoms with van der Waals surface area (Å²) in [5.74, 6) is -0.431. The van der Waals surface area contributed by atoms with Crippen LogP contribution in [0.25, 0.3) is 0 Å². The molecular weight excluding hydrogens is 318 g/mol. The van der Waals surface area contributed by atoms with Gasteiger partial charge in [-0.3, -0.25) is 19.3 Å². The number of unbranched alkanes of at least 4 members (excludes halogenated alkanes) is 9. The lowest BCUT2D eigenvalue weighted by Gasteiger charge is -2.12. The van der Waals surface area contributed by atoms with Gasteiger partial charge in [0.15, 0.2) is 0 Å². The highest BCUT2D eigenvalue weighted by atomic mass is 16.5. The average molecular weight is 351 g/mol. The Morgan fingerprint density at radius 3 is 2.00 bits per heavy atom. The lowest BCUT2D eigenvalue weighted by atomic mass is 10.1. The van der Waals surface area contributed by atoms with E-state index in [-0.39, 0.29) is 17.8 Å². The van der Waals surface area contributed by atoms with Crippen LogP contribution in [0.1, 0.15) is 84.0 Å². The highest BCUT2D eigenvalue weighted by molar-refractivity contribution is 6.12. The maximum absolute atomic E-state index is 11.5. The molecule has 1 heterocycles. The molecule has 0 N–H and O–H groups in total. The van der Waals surface area contributed by atoms with Gasteiger partial charge in [0.05, 0.1) is 6.61 Å². The van der Waals surface area contributed by atoms with E-state index in [1.54, 1.807) is 0 Å². The summed E-state index contributed by atoms with van der Waals surface area (Å²) in [5, 5.41) is 0. The lowest BCUT2D eigenvalue weighted by Crippen LogP contribution is -2.30. The van der Waals surface area contributed by atoms with Crippen molar-refractivity contribution >= 4 is 17.8 Å². The minimum Gasteiger partial charge on any atom is -0.466 e. The molecule has 0 saturated heterocycles. The van der Waals surface area contributed by atoms with Crippen molar-refractivity contribution < 1.29 is 19.1 Å². The van der Waals surface area contributed by atoms with Crippen molar-refractivity contribution in [1.82, 2.24) is 4.90 Å². The zero-order valence-electron chi connectivity index (χ0n) is 15.6. The normalized spacial score (nSPS) is 13.7. The topological polar surface area (TPSA) is 63.7 Å². The van der Waals surface area contributed by atoms with Crippen LogP contribution in [0.5, 0.6) is 0 Å². The summed E-state index contributed by atoms with van der Waals surface area (Å²) >= 11 is 0. The number of amides is 2.